The van der Waals surface area contributed by atoms with Crippen molar-refractivity contribution >= 4 is 11.7 Å². The average molecular weight is 221 g/mol. The van der Waals surface area contributed by atoms with Crippen LogP contribution in [0.5, 0.6) is 5.75 Å². The average Bonchev–Trinajstić information content (AvgIpc) is 2.28. The molecule has 1 atom stereocenters. The van der Waals surface area contributed by atoms with E-state index in [0.717, 1.165) is 23.4 Å². The molecule has 16 heavy (non-hydrogen) atoms. The van der Waals surface area contributed by atoms with Gasteiger partial charge in [-0.15, -0.1) is 0 Å². The second-order valence-corrected chi connectivity index (χ2v) is 4.00. The van der Waals surface area contributed by atoms with E-state index in [-0.39, 0.29) is 0 Å². The first-order chi connectivity index (χ1) is 7.63. The highest BCUT2D eigenvalue weighted by molar-refractivity contribution is 5.79. The summed E-state index contributed by atoms with van der Waals surface area (Å²) in [6, 6.07) is 5.34. The molecule has 4 nitrogen and oxygen atoms in total. The molecule has 0 saturated carbocycles. The molecule has 0 amide bonds. The second kappa shape index (κ2) is 4.04. The first-order valence-electron chi connectivity index (χ1n) is 5.26. The van der Waals surface area contributed by atoms with E-state index in [0.29, 0.717) is 6.42 Å². The van der Waals surface area contributed by atoms with Gasteiger partial charge >= 0.3 is 5.97 Å². The number of carboxylic acids is 1. The number of carboxylic acid groups (broad SMARTS) is 1. The van der Waals surface area contributed by atoms with Crippen LogP contribution in [0.3, 0.4) is 0 Å². The fraction of sp³-hybridized carbons (Fsp3) is 0.417. The number of aryl methyl sites for hydroxylation is 1. The molecule has 86 valence electrons. The highest BCUT2D eigenvalue weighted by Crippen LogP contribution is 2.32. The van der Waals surface area contributed by atoms with E-state index in [1.807, 2.05) is 30.1 Å². The Hall–Kier alpha value is -1.71. The van der Waals surface area contributed by atoms with Crippen LogP contribution in [0.1, 0.15) is 12.0 Å². The first-order valence-corrected chi connectivity index (χ1v) is 5.26. The largest absolute Gasteiger partial charge is 0.497 e. The van der Waals surface area contributed by atoms with Crippen molar-refractivity contribution in [2.24, 2.45) is 0 Å². The predicted molar refractivity (Wildman–Crippen MR) is 61.1 cm³/mol. The van der Waals surface area contributed by atoms with Crippen LogP contribution in [0.15, 0.2) is 18.2 Å². The first kappa shape index (κ1) is 10.8. The minimum atomic E-state index is -0.760. The maximum atomic E-state index is 11.0. The van der Waals surface area contributed by atoms with Gasteiger partial charge in [-0.3, -0.25) is 0 Å². The Labute approximate surface area is 94.4 Å². The van der Waals surface area contributed by atoms with Crippen LogP contribution in [0.2, 0.25) is 0 Å². The highest BCUT2D eigenvalue weighted by atomic mass is 16.5. The normalized spacial score (nSPS) is 19.1. The van der Waals surface area contributed by atoms with E-state index < -0.39 is 12.0 Å². The van der Waals surface area contributed by atoms with E-state index in [9.17, 15) is 4.79 Å². The molecule has 0 saturated heterocycles. The highest BCUT2D eigenvalue weighted by Gasteiger charge is 2.28. The number of likely N-dealkylation sites (N-methyl/N-ethyl adjacent to an activating group) is 1. The van der Waals surface area contributed by atoms with Crippen LogP contribution in [0.4, 0.5) is 5.69 Å². The molecule has 1 aliphatic rings. The lowest BCUT2D eigenvalue weighted by Crippen LogP contribution is -2.41. The number of anilines is 1. The zero-order valence-corrected chi connectivity index (χ0v) is 9.43. The summed E-state index contributed by atoms with van der Waals surface area (Å²) in [5, 5.41) is 9.07. The van der Waals surface area contributed by atoms with Crippen molar-refractivity contribution in [2.45, 2.75) is 18.9 Å². The van der Waals surface area contributed by atoms with E-state index >= 15 is 0 Å². The number of rotatable bonds is 2. The zero-order chi connectivity index (χ0) is 11.7. The Morgan fingerprint density at radius 1 is 1.56 bits per heavy atom. The molecule has 0 radical (unpaired) electrons. The van der Waals surface area contributed by atoms with Crippen molar-refractivity contribution in [1.29, 1.82) is 0 Å². The molecular formula is C12H15NO3. The second-order valence-electron chi connectivity index (χ2n) is 4.00. The number of nitrogens with zero attached hydrogens (tertiary/aromatic N) is 1. The van der Waals surface area contributed by atoms with Gasteiger partial charge in [-0.25, -0.2) is 4.79 Å². The van der Waals surface area contributed by atoms with E-state index in [1.54, 1.807) is 7.11 Å². The van der Waals surface area contributed by atoms with Gasteiger partial charge in [0.1, 0.15) is 11.8 Å². The summed E-state index contributed by atoms with van der Waals surface area (Å²) in [6.07, 6.45) is 1.43. The Morgan fingerprint density at radius 3 is 2.94 bits per heavy atom. The van der Waals surface area contributed by atoms with E-state index in [2.05, 4.69) is 0 Å². The molecule has 2 rings (SSSR count). The lowest BCUT2D eigenvalue weighted by Gasteiger charge is -2.33. The Kier molecular flexibility index (Phi) is 2.73. The SMILES string of the molecule is COc1ccc2c(c1)CCC(C(=O)O)N2C. The molecule has 0 aromatic heterocycles. The van der Waals surface area contributed by atoms with Crippen LogP contribution in [-0.2, 0) is 11.2 Å². The summed E-state index contributed by atoms with van der Waals surface area (Å²) < 4.78 is 5.15. The monoisotopic (exact) mass is 221 g/mol. The van der Waals surface area contributed by atoms with Gasteiger partial charge in [-0.2, -0.15) is 0 Å². The van der Waals surface area contributed by atoms with Crippen molar-refractivity contribution < 1.29 is 14.6 Å². The van der Waals surface area contributed by atoms with E-state index in [1.165, 1.54) is 0 Å². The van der Waals surface area contributed by atoms with Crippen LogP contribution < -0.4 is 9.64 Å². The molecule has 0 aliphatic carbocycles. The minimum Gasteiger partial charge on any atom is -0.497 e. The summed E-state index contributed by atoms with van der Waals surface area (Å²) in [5.41, 5.74) is 2.14. The number of benzene rings is 1. The van der Waals surface area contributed by atoms with Gasteiger partial charge in [-0.05, 0) is 36.6 Å². The van der Waals surface area contributed by atoms with Crippen molar-refractivity contribution in [3.63, 3.8) is 0 Å². The van der Waals surface area contributed by atoms with Crippen molar-refractivity contribution in [2.75, 3.05) is 19.1 Å². The van der Waals surface area contributed by atoms with Gasteiger partial charge in [-0.1, -0.05) is 0 Å². The van der Waals surface area contributed by atoms with Gasteiger partial charge in [0.05, 0.1) is 7.11 Å². The fourth-order valence-electron chi connectivity index (χ4n) is 2.18. The van der Waals surface area contributed by atoms with Crippen LogP contribution in [-0.4, -0.2) is 31.3 Å². The summed E-state index contributed by atoms with van der Waals surface area (Å²) in [6.45, 7) is 0. The number of fused-ring (bicyclic) bond motifs is 1. The molecule has 0 spiro atoms. The molecule has 1 unspecified atom stereocenters. The van der Waals surface area contributed by atoms with Gasteiger partial charge in [0.25, 0.3) is 0 Å². The van der Waals surface area contributed by atoms with Crippen LogP contribution in [0, 0.1) is 0 Å². The third kappa shape index (κ3) is 1.71. The smallest absolute Gasteiger partial charge is 0.326 e. The summed E-state index contributed by atoms with van der Waals surface area (Å²) in [4.78, 5) is 12.9. The van der Waals surface area contributed by atoms with Crippen molar-refractivity contribution in [3.8, 4) is 5.75 Å². The van der Waals surface area contributed by atoms with Gasteiger partial charge < -0.3 is 14.7 Å². The molecule has 0 bridgehead atoms. The topological polar surface area (TPSA) is 49.8 Å². The third-order valence-corrected chi connectivity index (χ3v) is 3.11. The quantitative estimate of drug-likeness (QED) is 0.822. The van der Waals surface area contributed by atoms with Gasteiger partial charge in [0, 0.05) is 12.7 Å². The predicted octanol–water partition coefficient (Wildman–Crippen LogP) is 1.53. The molecule has 1 aliphatic heterocycles. The summed E-state index contributed by atoms with van der Waals surface area (Å²) >= 11 is 0. The molecule has 1 heterocycles. The third-order valence-electron chi connectivity index (χ3n) is 3.11. The van der Waals surface area contributed by atoms with Gasteiger partial charge in [0.15, 0.2) is 0 Å². The molecule has 1 N–H and O–H groups in total. The van der Waals surface area contributed by atoms with Crippen LogP contribution >= 0.6 is 0 Å². The maximum Gasteiger partial charge on any atom is 0.326 e. The standard InChI is InChI=1S/C12H15NO3/c1-13-10-6-4-9(16-2)7-8(10)3-5-11(13)12(14)15/h4,6-7,11H,3,5H2,1-2H3,(H,14,15). The number of aliphatic carboxylic acids is 1. The maximum absolute atomic E-state index is 11.0. The van der Waals surface area contributed by atoms with E-state index in [4.69, 9.17) is 9.84 Å². The molecular weight excluding hydrogens is 206 g/mol. The molecule has 4 heteroatoms. The number of methoxy groups -OCH3 is 1. The summed E-state index contributed by atoms with van der Waals surface area (Å²) in [7, 11) is 3.46. The molecule has 1 aromatic rings. The Balaban J connectivity index is 2.35. The number of hydrogen-bond acceptors (Lipinski definition) is 3. The Bertz CT molecular complexity index is 417. The fourth-order valence-corrected chi connectivity index (χ4v) is 2.18. The Morgan fingerprint density at radius 2 is 2.31 bits per heavy atom. The minimum absolute atomic E-state index is 0.416. The van der Waals surface area contributed by atoms with Gasteiger partial charge in [0.2, 0.25) is 0 Å². The lowest BCUT2D eigenvalue weighted by atomic mass is 9.96. The zero-order valence-electron chi connectivity index (χ0n) is 9.43. The molecule has 1 aromatic carbocycles. The number of hydrogen-bond donors (Lipinski definition) is 1. The van der Waals surface area contributed by atoms with Crippen molar-refractivity contribution in [3.05, 3.63) is 23.8 Å². The number of carbonyl (C=O) groups is 1. The van der Waals surface area contributed by atoms with Crippen molar-refractivity contribution in [1.82, 2.24) is 0 Å². The lowest BCUT2D eigenvalue weighted by molar-refractivity contribution is -0.138. The van der Waals surface area contributed by atoms with Crippen LogP contribution in [0.25, 0.3) is 0 Å². The summed E-state index contributed by atoms with van der Waals surface area (Å²) in [5.74, 6) is 0.0601. The number of ether oxygens (including phenoxy) is 1. The molecule has 0 fully saturated rings.